The first-order chi connectivity index (χ1) is 6.16. The zero-order valence-corrected chi connectivity index (χ0v) is 8.06. The van der Waals surface area contributed by atoms with E-state index in [2.05, 4.69) is 0 Å². The van der Waals surface area contributed by atoms with E-state index in [0.717, 1.165) is 0 Å². The minimum atomic E-state index is -4.18. The number of alkyl halides is 3. The molecule has 0 saturated heterocycles. The molecule has 0 aromatic heterocycles. The monoisotopic (exact) mass is 210 g/mol. The summed E-state index contributed by atoms with van der Waals surface area (Å²) in [5.74, 6) is -1.92. The van der Waals surface area contributed by atoms with Crippen LogP contribution in [0, 0.1) is 17.3 Å². The molecular weight excluding hydrogens is 197 g/mol. The first kappa shape index (κ1) is 11.3. The summed E-state index contributed by atoms with van der Waals surface area (Å²) in [5.41, 5.74) is -0.475. The first-order valence-electron chi connectivity index (χ1n) is 4.46. The third-order valence-corrected chi connectivity index (χ3v) is 3.06. The Labute approximate surface area is 80.1 Å². The van der Waals surface area contributed by atoms with Gasteiger partial charge in [-0.1, -0.05) is 13.8 Å². The third-order valence-electron chi connectivity index (χ3n) is 3.06. The van der Waals surface area contributed by atoms with Crippen LogP contribution in [0.25, 0.3) is 0 Å². The highest BCUT2D eigenvalue weighted by Crippen LogP contribution is 2.60. The Hall–Kier alpha value is -0.740. The van der Waals surface area contributed by atoms with Crippen molar-refractivity contribution in [1.29, 1.82) is 0 Å². The van der Waals surface area contributed by atoms with Gasteiger partial charge in [-0.05, 0) is 17.8 Å². The fraction of sp³-hybridized carbons (Fsp3) is 0.889. The zero-order valence-electron chi connectivity index (χ0n) is 8.06. The number of rotatable bonds is 3. The summed E-state index contributed by atoms with van der Waals surface area (Å²) in [7, 11) is 0. The summed E-state index contributed by atoms with van der Waals surface area (Å²) in [6, 6.07) is 0. The normalized spacial score (nSPS) is 30.1. The number of aliphatic carboxylic acids is 1. The lowest BCUT2D eigenvalue weighted by Crippen LogP contribution is -2.08. The minimum Gasteiger partial charge on any atom is -0.481 e. The molecule has 0 heterocycles. The van der Waals surface area contributed by atoms with Gasteiger partial charge in [-0.15, -0.1) is 0 Å². The SMILES string of the molecule is CC1(C)[C@@H](CCC(F)(F)F)[C@@H]1C(=O)O. The van der Waals surface area contributed by atoms with Gasteiger partial charge < -0.3 is 5.11 Å². The predicted molar refractivity (Wildman–Crippen MR) is 43.7 cm³/mol. The van der Waals surface area contributed by atoms with Gasteiger partial charge in [0.2, 0.25) is 0 Å². The molecule has 0 spiro atoms. The molecule has 0 aromatic rings. The molecule has 2 nitrogen and oxygen atoms in total. The molecule has 2 atom stereocenters. The topological polar surface area (TPSA) is 37.3 Å². The van der Waals surface area contributed by atoms with Crippen LogP contribution in [0.15, 0.2) is 0 Å². The smallest absolute Gasteiger partial charge is 0.389 e. The fourth-order valence-electron chi connectivity index (χ4n) is 2.09. The van der Waals surface area contributed by atoms with Crippen molar-refractivity contribution in [3.8, 4) is 0 Å². The molecule has 1 saturated carbocycles. The number of carboxylic acid groups (broad SMARTS) is 1. The number of halogens is 3. The van der Waals surface area contributed by atoms with E-state index < -0.39 is 29.9 Å². The van der Waals surface area contributed by atoms with E-state index in [9.17, 15) is 18.0 Å². The van der Waals surface area contributed by atoms with Crippen molar-refractivity contribution in [3.05, 3.63) is 0 Å². The number of carboxylic acids is 1. The van der Waals surface area contributed by atoms with E-state index in [0.29, 0.717) is 0 Å². The van der Waals surface area contributed by atoms with Gasteiger partial charge in [0.25, 0.3) is 0 Å². The van der Waals surface area contributed by atoms with Crippen molar-refractivity contribution in [3.63, 3.8) is 0 Å². The highest BCUT2D eigenvalue weighted by atomic mass is 19.4. The maximum absolute atomic E-state index is 11.9. The second-order valence-electron chi connectivity index (χ2n) is 4.40. The average Bonchev–Trinajstić information content (AvgIpc) is 2.47. The van der Waals surface area contributed by atoms with Gasteiger partial charge in [0.05, 0.1) is 5.92 Å². The minimum absolute atomic E-state index is 0.0759. The molecular formula is C9H13F3O2. The molecule has 82 valence electrons. The number of hydrogen-bond acceptors (Lipinski definition) is 1. The molecule has 1 aliphatic carbocycles. The van der Waals surface area contributed by atoms with Crippen LogP contribution in [0.4, 0.5) is 13.2 Å². The van der Waals surface area contributed by atoms with Gasteiger partial charge in [-0.2, -0.15) is 13.2 Å². The van der Waals surface area contributed by atoms with Crippen LogP contribution in [-0.4, -0.2) is 17.3 Å². The Morgan fingerprint density at radius 2 is 1.93 bits per heavy atom. The number of carbonyl (C=O) groups is 1. The van der Waals surface area contributed by atoms with E-state index in [4.69, 9.17) is 5.11 Å². The van der Waals surface area contributed by atoms with Gasteiger partial charge in [-0.3, -0.25) is 4.79 Å². The second-order valence-corrected chi connectivity index (χ2v) is 4.40. The lowest BCUT2D eigenvalue weighted by molar-refractivity contribution is -0.142. The van der Waals surface area contributed by atoms with Gasteiger partial charge in [-0.25, -0.2) is 0 Å². The van der Waals surface area contributed by atoms with Crippen molar-refractivity contribution in [2.45, 2.75) is 32.9 Å². The summed E-state index contributed by atoms with van der Waals surface area (Å²) in [6.45, 7) is 3.40. The van der Waals surface area contributed by atoms with Crippen molar-refractivity contribution >= 4 is 5.97 Å². The van der Waals surface area contributed by atoms with Crippen LogP contribution in [0.1, 0.15) is 26.7 Å². The van der Waals surface area contributed by atoms with Gasteiger partial charge in [0, 0.05) is 6.42 Å². The lowest BCUT2D eigenvalue weighted by Gasteiger charge is -2.05. The molecule has 0 unspecified atom stereocenters. The van der Waals surface area contributed by atoms with Crippen LogP contribution in [0.5, 0.6) is 0 Å². The molecule has 0 aromatic carbocycles. The fourth-order valence-corrected chi connectivity index (χ4v) is 2.09. The summed E-state index contributed by atoms with van der Waals surface area (Å²) in [6.07, 6.45) is -5.14. The van der Waals surface area contributed by atoms with Gasteiger partial charge in [0.1, 0.15) is 0 Å². The van der Waals surface area contributed by atoms with Crippen LogP contribution in [0.2, 0.25) is 0 Å². The Kier molecular flexibility index (Phi) is 2.54. The quantitative estimate of drug-likeness (QED) is 0.777. The lowest BCUT2D eigenvalue weighted by atomic mass is 10.1. The summed E-state index contributed by atoms with van der Waals surface area (Å²) < 4.78 is 35.6. The molecule has 1 aliphatic rings. The molecule has 5 heteroatoms. The van der Waals surface area contributed by atoms with E-state index >= 15 is 0 Å². The Balaban J connectivity index is 2.46. The summed E-state index contributed by atoms with van der Waals surface area (Å²) in [5, 5.41) is 8.71. The maximum Gasteiger partial charge on any atom is 0.389 e. The van der Waals surface area contributed by atoms with E-state index in [1.54, 1.807) is 13.8 Å². The van der Waals surface area contributed by atoms with Gasteiger partial charge in [0.15, 0.2) is 0 Å². The van der Waals surface area contributed by atoms with Crippen LogP contribution in [-0.2, 0) is 4.79 Å². The van der Waals surface area contributed by atoms with Crippen molar-refractivity contribution < 1.29 is 23.1 Å². The Morgan fingerprint density at radius 3 is 2.21 bits per heavy atom. The molecule has 0 radical (unpaired) electrons. The van der Waals surface area contributed by atoms with Crippen molar-refractivity contribution in [2.24, 2.45) is 17.3 Å². The first-order valence-corrected chi connectivity index (χ1v) is 4.46. The zero-order chi connectivity index (χ0) is 11.1. The highest BCUT2D eigenvalue weighted by molar-refractivity contribution is 5.75. The maximum atomic E-state index is 11.9. The molecule has 0 bridgehead atoms. The molecule has 1 fully saturated rings. The van der Waals surface area contributed by atoms with Crippen molar-refractivity contribution in [1.82, 2.24) is 0 Å². The summed E-state index contributed by atoms with van der Waals surface area (Å²) in [4.78, 5) is 10.6. The van der Waals surface area contributed by atoms with Crippen LogP contribution in [0.3, 0.4) is 0 Å². The summed E-state index contributed by atoms with van der Waals surface area (Å²) >= 11 is 0. The standard InChI is InChI=1S/C9H13F3O2/c1-8(2)5(6(8)7(13)14)3-4-9(10,11)12/h5-6H,3-4H2,1-2H3,(H,13,14)/t5-,6+/m0/s1. The van der Waals surface area contributed by atoms with E-state index in [-0.39, 0.29) is 12.3 Å². The molecule has 1 N–H and O–H groups in total. The van der Waals surface area contributed by atoms with Crippen LogP contribution < -0.4 is 0 Å². The molecule has 0 aliphatic heterocycles. The van der Waals surface area contributed by atoms with Gasteiger partial charge >= 0.3 is 12.1 Å². The average molecular weight is 210 g/mol. The molecule has 14 heavy (non-hydrogen) atoms. The van der Waals surface area contributed by atoms with Crippen molar-refractivity contribution in [2.75, 3.05) is 0 Å². The van der Waals surface area contributed by atoms with Crippen LogP contribution >= 0.6 is 0 Å². The third kappa shape index (κ3) is 2.19. The second kappa shape index (κ2) is 3.14. The predicted octanol–water partition coefficient (Wildman–Crippen LogP) is 2.69. The molecule has 0 amide bonds. The largest absolute Gasteiger partial charge is 0.481 e. The Bertz CT molecular complexity index is 245. The number of hydrogen-bond donors (Lipinski definition) is 1. The van der Waals surface area contributed by atoms with E-state index in [1.165, 1.54) is 0 Å². The molecule has 1 rings (SSSR count). The van der Waals surface area contributed by atoms with E-state index in [1.807, 2.05) is 0 Å². The highest BCUT2D eigenvalue weighted by Gasteiger charge is 2.61. The Morgan fingerprint density at radius 1 is 1.43 bits per heavy atom.